The summed E-state index contributed by atoms with van der Waals surface area (Å²) in [5.41, 5.74) is 0.855. The van der Waals surface area contributed by atoms with Gasteiger partial charge in [0.05, 0.1) is 12.2 Å². The van der Waals surface area contributed by atoms with E-state index < -0.39 is 0 Å². The van der Waals surface area contributed by atoms with Crippen LogP contribution in [0.3, 0.4) is 0 Å². The van der Waals surface area contributed by atoms with Crippen LogP contribution in [-0.4, -0.2) is 19.9 Å². The maximum Gasteiger partial charge on any atom is 0.228 e. The molecule has 0 aliphatic heterocycles. The van der Waals surface area contributed by atoms with E-state index in [9.17, 15) is 0 Å². The van der Waals surface area contributed by atoms with Crippen LogP contribution in [0.1, 0.15) is 17.3 Å². The Bertz CT molecular complexity index is 502. The molecule has 0 aliphatic carbocycles. The summed E-state index contributed by atoms with van der Waals surface area (Å²) >= 11 is 11.3. The summed E-state index contributed by atoms with van der Waals surface area (Å²) in [6.45, 7) is 4.08. The smallest absolute Gasteiger partial charge is 0.228 e. The summed E-state index contributed by atoms with van der Waals surface area (Å²) < 4.78 is 5.39. The Hall–Kier alpha value is -1.40. The highest BCUT2D eigenvalue weighted by molar-refractivity contribution is 6.31. The van der Waals surface area contributed by atoms with Gasteiger partial charge in [0, 0.05) is 0 Å². The summed E-state index contributed by atoms with van der Waals surface area (Å²) in [5.74, 6) is 1.62. The lowest BCUT2D eigenvalue weighted by atomic mass is 10.4. The van der Waals surface area contributed by atoms with E-state index in [0.29, 0.717) is 12.4 Å². The van der Waals surface area contributed by atoms with Crippen molar-refractivity contribution in [2.75, 3.05) is 5.32 Å². The number of nitrogens with one attached hydrogen (secondary N) is 1. The van der Waals surface area contributed by atoms with Gasteiger partial charge in [-0.2, -0.15) is 15.0 Å². The fourth-order valence-corrected chi connectivity index (χ4v) is 1.54. The number of hydrogen-bond acceptors (Lipinski definition) is 6. The molecule has 0 aliphatic rings. The van der Waals surface area contributed by atoms with Crippen molar-refractivity contribution in [2.24, 2.45) is 0 Å². The first-order chi connectivity index (χ1) is 8.04. The number of halogens is 2. The van der Waals surface area contributed by atoms with E-state index in [1.54, 1.807) is 0 Å². The zero-order valence-corrected chi connectivity index (χ0v) is 10.7. The van der Waals surface area contributed by atoms with Gasteiger partial charge in [0.1, 0.15) is 5.76 Å². The molecule has 8 heteroatoms. The van der Waals surface area contributed by atoms with Gasteiger partial charge in [-0.25, -0.2) is 4.98 Å². The van der Waals surface area contributed by atoms with Gasteiger partial charge in [-0.15, -0.1) is 0 Å². The van der Waals surface area contributed by atoms with Crippen molar-refractivity contribution in [1.82, 2.24) is 19.9 Å². The van der Waals surface area contributed by atoms with Crippen molar-refractivity contribution >= 4 is 29.2 Å². The van der Waals surface area contributed by atoms with Crippen molar-refractivity contribution < 1.29 is 4.42 Å². The molecule has 0 fully saturated rings. The normalized spacial score (nSPS) is 10.6. The zero-order valence-electron chi connectivity index (χ0n) is 9.16. The van der Waals surface area contributed by atoms with Crippen molar-refractivity contribution in [3.8, 4) is 0 Å². The molecule has 0 radical (unpaired) electrons. The summed E-state index contributed by atoms with van der Waals surface area (Å²) in [4.78, 5) is 15.6. The Morgan fingerprint density at radius 1 is 1.06 bits per heavy atom. The number of hydrogen-bond donors (Lipinski definition) is 1. The molecule has 0 spiro atoms. The van der Waals surface area contributed by atoms with E-state index in [4.69, 9.17) is 27.6 Å². The molecule has 0 atom stereocenters. The lowest BCUT2D eigenvalue weighted by Crippen LogP contribution is -2.05. The molecular formula is C9H9Cl2N5O. The molecule has 0 amide bonds. The molecule has 2 heterocycles. The van der Waals surface area contributed by atoms with E-state index >= 15 is 0 Å². The van der Waals surface area contributed by atoms with Crippen LogP contribution in [-0.2, 0) is 6.54 Å². The zero-order chi connectivity index (χ0) is 12.4. The highest BCUT2D eigenvalue weighted by Gasteiger charge is 2.07. The van der Waals surface area contributed by atoms with Crippen LogP contribution in [0.5, 0.6) is 0 Å². The van der Waals surface area contributed by atoms with Crippen LogP contribution >= 0.6 is 23.2 Å². The second-order valence-electron chi connectivity index (χ2n) is 3.30. The third-order valence-corrected chi connectivity index (χ3v) is 2.39. The van der Waals surface area contributed by atoms with Gasteiger partial charge in [-0.1, -0.05) is 0 Å². The molecule has 2 rings (SSSR count). The first-order valence-electron chi connectivity index (χ1n) is 4.78. The van der Waals surface area contributed by atoms with Gasteiger partial charge in [0.25, 0.3) is 0 Å². The minimum absolute atomic E-state index is 0.0345. The maximum atomic E-state index is 5.64. The molecule has 2 aromatic heterocycles. The third-order valence-electron chi connectivity index (χ3n) is 2.05. The Labute approximate surface area is 107 Å². The predicted octanol–water partition coefficient (Wildman–Crippen LogP) is 2.40. The van der Waals surface area contributed by atoms with Crippen LogP contribution in [0.2, 0.25) is 10.6 Å². The number of anilines is 1. The van der Waals surface area contributed by atoms with Crippen LogP contribution < -0.4 is 5.32 Å². The van der Waals surface area contributed by atoms with E-state index in [0.717, 1.165) is 11.5 Å². The number of rotatable bonds is 3. The monoisotopic (exact) mass is 273 g/mol. The molecule has 0 saturated heterocycles. The molecule has 1 N–H and O–H groups in total. The van der Waals surface area contributed by atoms with E-state index in [1.807, 2.05) is 13.8 Å². The van der Waals surface area contributed by atoms with Gasteiger partial charge in [0.15, 0.2) is 0 Å². The fourth-order valence-electron chi connectivity index (χ4n) is 1.17. The summed E-state index contributed by atoms with van der Waals surface area (Å²) in [5, 5.41) is 2.96. The lowest BCUT2D eigenvalue weighted by Gasteiger charge is -2.01. The Balaban J connectivity index is 2.07. The molecule has 6 nitrogen and oxygen atoms in total. The molecule has 0 saturated carbocycles. The van der Waals surface area contributed by atoms with Gasteiger partial charge in [-0.3, -0.25) is 0 Å². The largest absolute Gasteiger partial charge is 0.444 e. The average molecular weight is 274 g/mol. The molecule has 0 bridgehead atoms. The van der Waals surface area contributed by atoms with Gasteiger partial charge >= 0.3 is 0 Å². The topological polar surface area (TPSA) is 76.7 Å². The summed E-state index contributed by atoms with van der Waals surface area (Å²) in [6.07, 6.45) is 0. The van der Waals surface area contributed by atoms with Crippen LogP contribution in [0.4, 0.5) is 5.95 Å². The number of aryl methyl sites for hydroxylation is 2. The molecule has 17 heavy (non-hydrogen) atoms. The van der Waals surface area contributed by atoms with Crippen molar-refractivity contribution in [2.45, 2.75) is 20.4 Å². The number of oxazole rings is 1. The van der Waals surface area contributed by atoms with E-state index in [-0.39, 0.29) is 16.5 Å². The van der Waals surface area contributed by atoms with Crippen LogP contribution in [0.15, 0.2) is 4.42 Å². The quantitative estimate of drug-likeness (QED) is 0.926. The third kappa shape index (κ3) is 3.04. The van der Waals surface area contributed by atoms with Crippen LogP contribution in [0, 0.1) is 13.8 Å². The van der Waals surface area contributed by atoms with E-state index in [1.165, 1.54) is 0 Å². The summed E-state index contributed by atoms with van der Waals surface area (Å²) in [6, 6.07) is 0. The number of nitrogens with zero attached hydrogens (tertiary/aromatic N) is 4. The standard InChI is InChI=1S/C9H9Cl2N5O/c1-4-5(2)17-6(13-4)3-12-9-15-7(10)14-8(11)16-9/h3H2,1-2H3,(H,12,14,15,16). The Kier molecular flexibility index (Phi) is 3.44. The molecule has 0 unspecified atom stereocenters. The van der Waals surface area contributed by atoms with Crippen LogP contribution in [0.25, 0.3) is 0 Å². The SMILES string of the molecule is Cc1nc(CNc2nc(Cl)nc(Cl)n2)oc1C. The first kappa shape index (κ1) is 12.1. The predicted molar refractivity (Wildman–Crippen MR) is 63.2 cm³/mol. The van der Waals surface area contributed by atoms with E-state index in [2.05, 4.69) is 25.3 Å². The summed E-state index contributed by atoms with van der Waals surface area (Å²) in [7, 11) is 0. The first-order valence-corrected chi connectivity index (χ1v) is 5.54. The fraction of sp³-hybridized carbons (Fsp3) is 0.333. The average Bonchev–Trinajstić information content (AvgIpc) is 2.54. The van der Waals surface area contributed by atoms with Crippen molar-refractivity contribution in [3.63, 3.8) is 0 Å². The highest BCUT2D eigenvalue weighted by Crippen LogP contribution is 2.12. The van der Waals surface area contributed by atoms with Gasteiger partial charge < -0.3 is 9.73 Å². The lowest BCUT2D eigenvalue weighted by molar-refractivity contribution is 0.478. The minimum Gasteiger partial charge on any atom is -0.444 e. The Morgan fingerprint density at radius 2 is 1.71 bits per heavy atom. The maximum absolute atomic E-state index is 5.64. The van der Waals surface area contributed by atoms with Gasteiger partial charge in [0.2, 0.25) is 22.4 Å². The highest BCUT2D eigenvalue weighted by atomic mass is 35.5. The van der Waals surface area contributed by atoms with Gasteiger partial charge in [-0.05, 0) is 37.0 Å². The second kappa shape index (κ2) is 4.85. The molecule has 0 aromatic carbocycles. The minimum atomic E-state index is 0.0345. The molecular weight excluding hydrogens is 265 g/mol. The molecule has 2 aromatic rings. The van der Waals surface area contributed by atoms with Crippen molar-refractivity contribution in [1.29, 1.82) is 0 Å². The number of aromatic nitrogens is 4. The second-order valence-corrected chi connectivity index (χ2v) is 3.98. The molecule has 90 valence electrons. The Morgan fingerprint density at radius 3 is 2.24 bits per heavy atom. The van der Waals surface area contributed by atoms with Crippen molar-refractivity contribution in [3.05, 3.63) is 27.9 Å².